The predicted molar refractivity (Wildman–Crippen MR) is 63.8 cm³/mol. The third-order valence-corrected chi connectivity index (χ3v) is 4.85. The minimum absolute atomic E-state index is 0.0322. The molecular weight excluding hydrogens is 256 g/mol. The highest BCUT2D eigenvalue weighted by Crippen LogP contribution is 2.61. The van der Waals surface area contributed by atoms with E-state index in [1.807, 2.05) is 0 Å². The number of rotatable bonds is 3. The summed E-state index contributed by atoms with van der Waals surface area (Å²) in [5.74, 6) is -4.65. The van der Waals surface area contributed by atoms with Crippen LogP contribution in [0.2, 0.25) is 0 Å². The van der Waals surface area contributed by atoms with Crippen LogP contribution in [0.5, 0.6) is 0 Å². The number of aliphatic carboxylic acids is 1. The van der Waals surface area contributed by atoms with Crippen LogP contribution in [0.3, 0.4) is 0 Å². The Morgan fingerprint density at radius 2 is 1.84 bits per heavy atom. The van der Waals surface area contributed by atoms with E-state index in [0.717, 1.165) is 0 Å². The van der Waals surface area contributed by atoms with Crippen molar-refractivity contribution in [3.63, 3.8) is 0 Å². The Labute approximate surface area is 110 Å². The molecule has 2 aliphatic rings. The third kappa shape index (κ3) is 1.83. The van der Waals surface area contributed by atoms with Gasteiger partial charge in [0.1, 0.15) is 5.41 Å². The van der Waals surface area contributed by atoms with Crippen molar-refractivity contribution in [1.29, 1.82) is 0 Å². The molecule has 0 spiro atoms. The second-order valence-corrected chi connectivity index (χ2v) is 6.31. The van der Waals surface area contributed by atoms with Gasteiger partial charge in [-0.1, -0.05) is 13.8 Å². The van der Waals surface area contributed by atoms with E-state index in [4.69, 9.17) is 0 Å². The molecule has 1 saturated carbocycles. The van der Waals surface area contributed by atoms with E-state index >= 15 is 0 Å². The lowest BCUT2D eigenvalue weighted by molar-refractivity contribution is -0.151. The molecule has 1 N–H and O–H groups in total. The SMILES string of the molecule is CC(C)C1(C(=O)O)CCN(C(=O)C2(C)CC2(F)F)C1. The number of carboxylic acid groups (broad SMARTS) is 1. The first-order chi connectivity index (χ1) is 8.57. The quantitative estimate of drug-likeness (QED) is 0.857. The van der Waals surface area contributed by atoms with E-state index in [1.54, 1.807) is 13.8 Å². The second-order valence-electron chi connectivity index (χ2n) is 6.31. The summed E-state index contributed by atoms with van der Waals surface area (Å²) in [6.07, 6.45) is -0.107. The molecule has 2 fully saturated rings. The first-order valence-corrected chi connectivity index (χ1v) is 6.47. The zero-order valence-corrected chi connectivity index (χ0v) is 11.4. The average molecular weight is 275 g/mol. The Morgan fingerprint density at radius 3 is 2.16 bits per heavy atom. The van der Waals surface area contributed by atoms with Crippen LogP contribution in [-0.2, 0) is 9.59 Å². The Hall–Kier alpha value is -1.20. The predicted octanol–water partition coefficient (Wildman–Crippen LogP) is 1.99. The Morgan fingerprint density at radius 1 is 1.32 bits per heavy atom. The first-order valence-electron chi connectivity index (χ1n) is 6.47. The van der Waals surface area contributed by atoms with Crippen molar-refractivity contribution in [1.82, 2.24) is 4.90 Å². The van der Waals surface area contributed by atoms with Crippen molar-refractivity contribution in [2.75, 3.05) is 13.1 Å². The smallest absolute Gasteiger partial charge is 0.311 e. The van der Waals surface area contributed by atoms with E-state index in [1.165, 1.54) is 11.8 Å². The molecule has 4 nitrogen and oxygen atoms in total. The van der Waals surface area contributed by atoms with Crippen molar-refractivity contribution in [2.45, 2.75) is 39.5 Å². The minimum Gasteiger partial charge on any atom is -0.481 e. The summed E-state index contributed by atoms with van der Waals surface area (Å²) in [4.78, 5) is 24.9. The highest BCUT2D eigenvalue weighted by Gasteiger charge is 2.73. The van der Waals surface area contributed by atoms with Crippen LogP contribution in [0.15, 0.2) is 0 Å². The number of halogens is 2. The van der Waals surface area contributed by atoms with E-state index in [9.17, 15) is 23.5 Å². The molecule has 0 aromatic heterocycles. The molecular formula is C13H19F2NO3. The summed E-state index contributed by atoms with van der Waals surface area (Å²) in [5, 5.41) is 9.37. The summed E-state index contributed by atoms with van der Waals surface area (Å²) in [7, 11) is 0. The summed E-state index contributed by atoms with van der Waals surface area (Å²) < 4.78 is 26.5. The van der Waals surface area contributed by atoms with Crippen LogP contribution >= 0.6 is 0 Å². The number of alkyl halides is 2. The van der Waals surface area contributed by atoms with Crippen molar-refractivity contribution in [3.8, 4) is 0 Å². The van der Waals surface area contributed by atoms with Gasteiger partial charge in [0.2, 0.25) is 5.91 Å². The van der Waals surface area contributed by atoms with E-state index < -0.39 is 35.0 Å². The molecule has 0 radical (unpaired) electrons. The van der Waals surface area contributed by atoms with Gasteiger partial charge in [0.05, 0.1) is 5.41 Å². The standard InChI is InChI=1S/C13H19F2NO3/c1-8(2)12(10(18)19)4-5-16(7-12)9(17)11(3)6-13(11,14)15/h8H,4-7H2,1-3H3,(H,18,19). The van der Waals surface area contributed by atoms with Gasteiger partial charge in [-0.2, -0.15) is 0 Å². The van der Waals surface area contributed by atoms with Gasteiger partial charge in [0.15, 0.2) is 0 Å². The van der Waals surface area contributed by atoms with Gasteiger partial charge in [-0.25, -0.2) is 8.78 Å². The summed E-state index contributed by atoms with van der Waals surface area (Å²) in [6, 6.07) is 0. The van der Waals surface area contributed by atoms with Gasteiger partial charge in [0, 0.05) is 19.5 Å². The van der Waals surface area contributed by atoms with Crippen molar-refractivity contribution >= 4 is 11.9 Å². The Kier molecular flexibility index (Phi) is 2.92. The summed E-state index contributed by atoms with van der Waals surface area (Å²) in [6.45, 7) is 5.11. The summed E-state index contributed by atoms with van der Waals surface area (Å²) in [5.41, 5.74) is -2.63. The van der Waals surface area contributed by atoms with Crippen LogP contribution in [0.1, 0.15) is 33.6 Å². The van der Waals surface area contributed by atoms with Crippen LogP contribution in [0, 0.1) is 16.7 Å². The fourth-order valence-corrected chi connectivity index (χ4v) is 2.88. The highest BCUT2D eigenvalue weighted by molar-refractivity contribution is 5.88. The molecule has 0 bridgehead atoms. The molecule has 1 heterocycles. The fourth-order valence-electron chi connectivity index (χ4n) is 2.88. The third-order valence-electron chi connectivity index (χ3n) is 4.85. The number of carboxylic acids is 1. The van der Waals surface area contributed by atoms with Crippen LogP contribution < -0.4 is 0 Å². The number of carbonyl (C=O) groups is 2. The fraction of sp³-hybridized carbons (Fsp3) is 0.846. The Bertz CT molecular complexity index is 438. The Balaban J connectivity index is 2.15. The van der Waals surface area contributed by atoms with Crippen molar-refractivity contribution < 1.29 is 23.5 Å². The maximum atomic E-state index is 13.2. The van der Waals surface area contributed by atoms with Gasteiger partial charge in [0.25, 0.3) is 5.92 Å². The number of hydrogen-bond acceptors (Lipinski definition) is 2. The normalized spacial score (nSPS) is 36.6. The average Bonchev–Trinajstić information content (AvgIpc) is 2.68. The van der Waals surface area contributed by atoms with Gasteiger partial charge in [-0.15, -0.1) is 0 Å². The van der Waals surface area contributed by atoms with E-state index in [-0.39, 0.29) is 19.0 Å². The molecule has 1 aliphatic heterocycles. The van der Waals surface area contributed by atoms with Crippen molar-refractivity contribution in [2.24, 2.45) is 16.7 Å². The van der Waals surface area contributed by atoms with Crippen LogP contribution in [0.4, 0.5) is 8.78 Å². The monoisotopic (exact) mass is 275 g/mol. The van der Waals surface area contributed by atoms with E-state index in [2.05, 4.69) is 0 Å². The first kappa shape index (κ1) is 14.2. The number of likely N-dealkylation sites (tertiary alicyclic amines) is 1. The van der Waals surface area contributed by atoms with Crippen LogP contribution in [0.25, 0.3) is 0 Å². The summed E-state index contributed by atoms with van der Waals surface area (Å²) >= 11 is 0. The zero-order chi connectivity index (χ0) is 14.6. The van der Waals surface area contributed by atoms with Gasteiger partial charge in [-0.3, -0.25) is 9.59 Å². The largest absolute Gasteiger partial charge is 0.481 e. The number of hydrogen-bond donors (Lipinski definition) is 1. The second kappa shape index (κ2) is 3.90. The van der Waals surface area contributed by atoms with Gasteiger partial charge in [-0.05, 0) is 19.3 Å². The molecule has 2 atom stereocenters. The number of carbonyl (C=O) groups excluding carboxylic acids is 1. The molecule has 0 aromatic carbocycles. The molecule has 1 aliphatic carbocycles. The lowest BCUT2D eigenvalue weighted by atomic mass is 9.76. The molecule has 1 saturated heterocycles. The zero-order valence-electron chi connectivity index (χ0n) is 11.4. The highest BCUT2D eigenvalue weighted by atomic mass is 19.3. The van der Waals surface area contributed by atoms with Crippen LogP contribution in [-0.4, -0.2) is 40.9 Å². The molecule has 2 rings (SSSR count). The lowest BCUT2D eigenvalue weighted by Crippen LogP contribution is -2.43. The van der Waals surface area contributed by atoms with E-state index in [0.29, 0.717) is 6.42 Å². The number of amides is 1. The topological polar surface area (TPSA) is 57.6 Å². The van der Waals surface area contributed by atoms with Gasteiger partial charge < -0.3 is 10.0 Å². The lowest BCUT2D eigenvalue weighted by Gasteiger charge is -2.29. The van der Waals surface area contributed by atoms with Crippen molar-refractivity contribution in [3.05, 3.63) is 0 Å². The minimum atomic E-state index is -2.95. The molecule has 2 unspecified atom stereocenters. The molecule has 1 amide bonds. The maximum absolute atomic E-state index is 13.2. The molecule has 6 heteroatoms. The molecule has 0 aromatic rings. The molecule has 19 heavy (non-hydrogen) atoms. The number of nitrogens with zero attached hydrogens (tertiary/aromatic N) is 1. The maximum Gasteiger partial charge on any atom is 0.311 e. The molecule has 108 valence electrons. The van der Waals surface area contributed by atoms with Gasteiger partial charge >= 0.3 is 5.97 Å².